The number of fused-ring (bicyclic) bond motifs is 1. The van der Waals surface area contributed by atoms with Gasteiger partial charge in [-0.05, 0) is 30.6 Å². The minimum atomic E-state index is 0.165. The normalized spacial score (nSPS) is 33.9. The summed E-state index contributed by atoms with van der Waals surface area (Å²) in [5.74, 6) is 1.95. The molecule has 0 bridgehead atoms. The molecule has 112 valence electrons. The van der Waals surface area contributed by atoms with Crippen molar-refractivity contribution in [2.75, 3.05) is 13.1 Å². The molecule has 1 saturated carbocycles. The van der Waals surface area contributed by atoms with E-state index in [4.69, 9.17) is 5.73 Å². The Balaban J connectivity index is 1.86. The van der Waals surface area contributed by atoms with Crippen LogP contribution in [0, 0.1) is 11.3 Å². The Kier molecular flexibility index (Phi) is 3.41. The monoisotopic (exact) mass is 276 g/mol. The van der Waals surface area contributed by atoms with Crippen molar-refractivity contribution in [3.05, 3.63) is 18.2 Å². The van der Waals surface area contributed by atoms with Crippen LogP contribution in [0.3, 0.4) is 0 Å². The van der Waals surface area contributed by atoms with Crippen LogP contribution in [-0.2, 0) is 13.1 Å². The smallest absolute Gasteiger partial charge is 0.122 e. The molecule has 2 atom stereocenters. The van der Waals surface area contributed by atoms with Gasteiger partial charge in [0.05, 0.1) is 6.54 Å². The van der Waals surface area contributed by atoms with Gasteiger partial charge in [-0.25, -0.2) is 4.98 Å². The van der Waals surface area contributed by atoms with Crippen LogP contribution >= 0.6 is 0 Å². The largest absolute Gasteiger partial charge is 0.333 e. The maximum Gasteiger partial charge on any atom is 0.122 e. The summed E-state index contributed by atoms with van der Waals surface area (Å²) in [7, 11) is 0. The van der Waals surface area contributed by atoms with Gasteiger partial charge in [0, 0.05) is 37.6 Å². The zero-order valence-corrected chi connectivity index (χ0v) is 13.1. The van der Waals surface area contributed by atoms with Crippen molar-refractivity contribution >= 4 is 0 Å². The summed E-state index contributed by atoms with van der Waals surface area (Å²) < 4.78 is 2.28. The van der Waals surface area contributed by atoms with Gasteiger partial charge in [0.25, 0.3) is 0 Å². The van der Waals surface area contributed by atoms with E-state index in [1.165, 1.54) is 25.1 Å². The van der Waals surface area contributed by atoms with E-state index in [0.717, 1.165) is 32.1 Å². The maximum absolute atomic E-state index is 6.28. The van der Waals surface area contributed by atoms with E-state index in [1.54, 1.807) is 0 Å². The summed E-state index contributed by atoms with van der Waals surface area (Å²) in [6.07, 6.45) is 7.77. The van der Waals surface area contributed by atoms with Gasteiger partial charge in [0.2, 0.25) is 0 Å². The van der Waals surface area contributed by atoms with E-state index in [1.807, 2.05) is 6.20 Å². The lowest BCUT2D eigenvalue weighted by atomic mass is 9.63. The van der Waals surface area contributed by atoms with Crippen LogP contribution in [0.15, 0.2) is 12.4 Å². The van der Waals surface area contributed by atoms with Crippen molar-refractivity contribution < 1.29 is 0 Å². The second-order valence-corrected chi connectivity index (χ2v) is 7.74. The third-order valence-corrected chi connectivity index (χ3v) is 5.23. The van der Waals surface area contributed by atoms with Crippen molar-refractivity contribution in [3.8, 4) is 0 Å². The molecule has 2 aliphatic rings. The lowest BCUT2D eigenvalue weighted by molar-refractivity contribution is -0.0270. The van der Waals surface area contributed by atoms with Gasteiger partial charge in [0.1, 0.15) is 5.82 Å². The first kappa shape index (κ1) is 14.1. The molecule has 1 aromatic heterocycles. The van der Waals surface area contributed by atoms with Crippen LogP contribution in [0.25, 0.3) is 0 Å². The molecule has 2 N–H and O–H groups in total. The fraction of sp³-hybridized carbons (Fsp3) is 0.812. The molecule has 1 aliphatic carbocycles. The summed E-state index contributed by atoms with van der Waals surface area (Å²) in [6.45, 7) is 11.1. The molecule has 20 heavy (non-hydrogen) atoms. The third-order valence-electron chi connectivity index (χ3n) is 5.23. The number of hydrogen-bond acceptors (Lipinski definition) is 3. The predicted molar refractivity (Wildman–Crippen MR) is 81.2 cm³/mol. The highest BCUT2D eigenvalue weighted by Crippen LogP contribution is 2.46. The Morgan fingerprint density at radius 3 is 2.85 bits per heavy atom. The highest BCUT2D eigenvalue weighted by Gasteiger charge is 2.46. The minimum absolute atomic E-state index is 0.165. The number of rotatable bonds is 2. The fourth-order valence-electron chi connectivity index (χ4n) is 4.80. The number of nitrogens with zero attached hydrogens (tertiary/aromatic N) is 3. The quantitative estimate of drug-likeness (QED) is 0.901. The first-order chi connectivity index (χ1) is 9.44. The van der Waals surface area contributed by atoms with E-state index in [2.05, 4.69) is 41.4 Å². The van der Waals surface area contributed by atoms with Crippen molar-refractivity contribution in [1.82, 2.24) is 14.5 Å². The van der Waals surface area contributed by atoms with Crippen LogP contribution < -0.4 is 5.73 Å². The average molecular weight is 276 g/mol. The number of aromatic nitrogens is 2. The second-order valence-electron chi connectivity index (χ2n) is 7.74. The van der Waals surface area contributed by atoms with Crippen LogP contribution in [-0.4, -0.2) is 33.1 Å². The van der Waals surface area contributed by atoms with Crippen LogP contribution in [0.1, 0.15) is 45.9 Å². The SMILES string of the molecule is CC1CC(C)(C)CC(CN)(N2CCn3ccnc3C2)C1. The average Bonchev–Trinajstić information content (AvgIpc) is 2.83. The zero-order valence-electron chi connectivity index (χ0n) is 13.1. The lowest BCUT2D eigenvalue weighted by Gasteiger charge is -2.53. The molecule has 1 fully saturated rings. The number of nitrogens with two attached hydrogens (primary N) is 1. The molecule has 0 saturated heterocycles. The topological polar surface area (TPSA) is 47.1 Å². The molecular weight excluding hydrogens is 248 g/mol. The van der Waals surface area contributed by atoms with E-state index in [-0.39, 0.29) is 5.54 Å². The first-order valence-corrected chi connectivity index (χ1v) is 7.89. The van der Waals surface area contributed by atoms with Crippen molar-refractivity contribution in [2.24, 2.45) is 17.1 Å². The Morgan fingerprint density at radius 2 is 2.15 bits per heavy atom. The van der Waals surface area contributed by atoms with Gasteiger partial charge >= 0.3 is 0 Å². The van der Waals surface area contributed by atoms with Crippen LogP contribution in [0.2, 0.25) is 0 Å². The van der Waals surface area contributed by atoms with Gasteiger partial charge in [-0.3, -0.25) is 4.90 Å². The minimum Gasteiger partial charge on any atom is -0.333 e. The van der Waals surface area contributed by atoms with Crippen molar-refractivity contribution in [1.29, 1.82) is 0 Å². The standard InChI is InChI=1S/C16H28N4/c1-13-8-15(2,3)11-16(9-13,12-17)20-7-6-19-5-4-18-14(19)10-20/h4-5,13H,6-12,17H2,1-3H3. The Morgan fingerprint density at radius 1 is 1.35 bits per heavy atom. The molecular formula is C16H28N4. The highest BCUT2D eigenvalue weighted by atomic mass is 15.3. The van der Waals surface area contributed by atoms with Crippen LogP contribution in [0.5, 0.6) is 0 Å². The van der Waals surface area contributed by atoms with Crippen molar-refractivity contribution in [3.63, 3.8) is 0 Å². The van der Waals surface area contributed by atoms with E-state index in [9.17, 15) is 0 Å². The van der Waals surface area contributed by atoms with Gasteiger partial charge in [-0.2, -0.15) is 0 Å². The third kappa shape index (κ3) is 2.40. The zero-order chi connectivity index (χ0) is 14.4. The molecule has 3 rings (SSSR count). The molecule has 2 heterocycles. The lowest BCUT2D eigenvalue weighted by Crippen LogP contribution is -2.60. The molecule has 0 aromatic carbocycles. The summed E-state index contributed by atoms with van der Waals surface area (Å²) in [5.41, 5.74) is 6.84. The van der Waals surface area contributed by atoms with Crippen molar-refractivity contribution in [2.45, 2.75) is 58.7 Å². The summed E-state index contributed by atoms with van der Waals surface area (Å²) >= 11 is 0. The molecule has 0 amide bonds. The number of hydrogen-bond donors (Lipinski definition) is 1. The van der Waals surface area contributed by atoms with Gasteiger partial charge in [0.15, 0.2) is 0 Å². The Labute approximate surface area is 122 Å². The maximum atomic E-state index is 6.28. The first-order valence-electron chi connectivity index (χ1n) is 7.89. The predicted octanol–water partition coefficient (Wildman–Crippen LogP) is 2.24. The van der Waals surface area contributed by atoms with Gasteiger partial charge in [-0.1, -0.05) is 20.8 Å². The van der Waals surface area contributed by atoms with Gasteiger partial charge < -0.3 is 10.3 Å². The van der Waals surface area contributed by atoms with Crippen LogP contribution in [0.4, 0.5) is 0 Å². The Hall–Kier alpha value is -0.870. The molecule has 2 unspecified atom stereocenters. The summed E-state index contributed by atoms with van der Waals surface area (Å²) in [6, 6.07) is 0. The highest BCUT2D eigenvalue weighted by molar-refractivity contribution is 5.05. The fourth-order valence-corrected chi connectivity index (χ4v) is 4.80. The molecule has 0 spiro atoms. The number of imidazole rings is 1. The van der Waals surface area contributed by atoms with E-state index >= 15 is 0 Å². The van der Waals surface area contributed by atoms with E-state index in [0.29, 0.717) is 5.41 Å². The molecule has 4 nitrogen and oxygen atoms in total. The Bertz CT molecular complexity index is 479. The second kappa shape index (κ2) is 4.85. The molecule has 1 aliphatic heterocycles. The molecule has 4 heteroatoms. The molecule has 0 radical (unpaired) electrons. The summed E-state index contributed by atoms with van der Waals surface area (Å²) in [5, 5.41) is 0. The molecule has 1 aromatic rings. The van der Waals surface area contributed by atoms with E-state index < -0.39 is 0 Å². The summed E-state index contributed by atoms with van der Waals surface area (Å²) in [4.78, 5) is 7.12. The van der Waals surface area contributed by atoms with Gasteiger partial charge in [-0.15, -0.1) is 0 Å².